The highest BCUT2D eigenvalue weighted by Gasteiger charge is 2.31. The Morgan fingerprint density at radius 1 is 1.04 bits per heavy atom. The van der Waals surface area contributed by atoms with Crippen LogP contribution < -0.4 is 5.73 Å². The van der Waals surface area contributed by atoms with Gasteiger partial charge in [0.05, 0.1) is 23.5 Å². The van der Waals surface area contributed by atoms with E-state index < -0.39 is 11.8 Å². The van der Waals surface area contributed by atoms with Gasteiger partial charge >= 0.3 is 0 Å². The Balaban J connectivity index is 2.20. The van der Waals surface area contributed by atoms with Crippen LogP contribution in [0.4, 0.5) is 10.2 Å². The molecule has 5 nitrogen and oxygen atoms in total. The molecule has 0 radical (unpaired) electrons. The van der Waals surface area contributed by atoms with E-state index >= 15 is 0 Å². The molecule has 0 saturated carbocycles. The van der Waals surface area contributed by atoms with Gasteiger partial charge in [0.1, 0.15) is 17.6 Å². The molecule has 0 bridgehead atoms. The molecule has 3 rings (SSSR count). The van der Waals surface area contributed by atoms with Crippen molar-refractivity contribution in [1.29, 1.82) is 10.5 Å². The summed E-state index contributed by atoms with van der Waals surface area (Å²) in [5, 5.41) is 23.4. The van der Waals surface area contributed by atoms with E-state index in [1.807, 2.05) is 42.5 Å². The van der Waals surface area contributed by atoms with Gasteiger partial charge < -0.3 is 5.73 Å². The molecular weight excluding hydrogens is 329 g/mol. The molecule has 2 aromatic carbocycles. The molecule has 2 N–H and O–H groups in total. The van der Waals surface area contributed by atoms with Crippen LogP contribution >= 0.6 is 0 Å². The molecule has 6 heteroatoms. The molecule has 0 fully saturated rings. The Morgan fingerprint density at radius 3 is 2.23 bits per heavy atom. The first-order valence-corrected chi connectivity index (χ1v) is 8.02. The Hall–Kier alpha value is -3.64. The molecule has 1 aromatic heterocycles. The van der Waals surface area contributed by atoms with E-state index in [1.54, 1.807) is 23.7 Å². The number of nitrogen functional groups attached to an aromatic ring is 1. The maximum absolute atomic E-state index is 13.3. The summed E-state index contributed by atoms with van der Waals surface area (Å²) in [6.07, 6.45) is 0. The zero-order valence-electron chi connectivity index (χ0n) is 14.1. The van der Waals surface area contributed by atoms with Crippen molar-refractivity contribution in [3.8, 4) is 17.8 Å². The fraction of sp³-hybridized carbons (Fsp3) is 0.150. The molecular formula is C20H16FN5. The molecule has 3 aromatic rings. The standard InChI is InChI=1S/C20H16FN5/c1-13-18(20(24)26(25-13)17-5-3-2-4-6-17)19(15(11-22)12-23)14-7-9-16(21)10-8-14/h2-10,15,19H,24H2,1H3. The number of anilines is 1. The number of nitrogens with two attached hydrogens (primary N) is 1. The van der Waals surface area contributed by atoms with Crippen molar-refractivity contribution < 1.29 is 4.39 Å². The minimum Gasteiger partial charge on any atom is -0.383 e. The first-order chi connectivity index (χ1) is 12.6. The van der Waals surface area contributed by atoms with Gasteiger partial charge in [-0.15, -0.1) is 0 Å². The number of aryl methyl sites for hydroxylation is 1. The number of rotatable bonds is 4. The molecule has 128 valence electrons. The SMILES string of the molecule is Cc1nn(-c2ccccc2)c(N)c1C(c1ccc(F)cc1)C(C#N)C#N. The van der Waals surface area contributed by atoms with E-state index in [1.165, 1.54) is 12.1 Å². The first kappa shape index (κ1) is 17.2. The van der Waals surface area contributed by atoms with Crippen molar-refractivity contribution in [3.05, 3.63) is 77.2 Å². The van der Waals surface area contributed by atoms with Gasteiger partial charge in [-0.2, -0.15) is 15.6 Å². The number of benzene rings is 2. The average Bonchev–Trinajstić information content (AvgIpc) is 2.96. The molecule has 0 amide bonds. The number of nitriles is 2. The lowest BCUT2D eigenvalue weighted by Crippen LogP contribution is -2.14. The summed E-state index contributed by atoms with van der Waals surface area (Å²) in [6.45, 7) is 1.79. The Morgan fingerprint density at radius 2 is 1.65 bits per heavy atom. The topological polar surface area (TPSA) is 91.4 Å². The van der Waals surface area contributed by atoms with Crippen molar-refractivity contribution in [2.24, 2.45) is 5.92 Å². The Bertz CT molecular complexity index is 980. The summed E-state index contributed by atoms with van der Waals surface area (Å²) in [5.74, 6) is -1.63. The summed E-state index contributed by atoms with van der Waals surface area (Å²) in [6, 6.07) is 19.2. The number of nitrogens with zero attached hydrogens (tertiary/aromatic N) is 4. The highest BCUT2D eigenvalue weighted by atomic mass is 19.1. The van der Waals surface area contributed by atoms with Crippen LogP contribution in [0.5, 0.6) is 0 Å². The summed E-state index contributed by atoms with van der Waals surface area (Å²) >= 11 is 0. The molecule has 0 aliphatic heterocycles. The lowest BCUT2D eigenvalue weighted by atomic mass is 9.81. The second kappa shape index (κ2) is 7.08. The van der Waals surface area contributed by atoms with E-state index in [9.17, 15) is 14.9 Å². The number of hydrogen-bond acceptors (Lipinski definition) is 4. The smallest absolute Gasteiger partial charge is 0.144 e. The van der Waals surface area contributed by atoms with E-state index in [4.69, 9.17) is 5.73 Å². The molecule has 0 spiro atoms. The molecule has 0 saturated heterocycles. The van der Waals surface area contributed by atoms with Crippen LogP contribution in [0.3, 0.4) is 0 Å². The molecule has 1 unspecified atom stereocenters. The lowest BCUT2D eigenvalue weighted by Gasteiger charge is -2.19. The van der Waals surface area contributed by atoms with Gasteiger partial charge in [-0.1, -0.05) is 30.3 Å². The van der Waals surface area contributed by atoms with Gasteiger partial charge in [0.25, 0.3) is 0 Å². The van der Waals surface area contributed by atoms with Crippen LogP contribution in [0.15, 0.2) is 54.6 Å². The van der Waals surface area contributed by atoms with Crippen LogP contribution in [0.2, 0.25) is 0 Å². The van der Waals surface area contributed by atoms with Crippen molar-refractivity contribution in [3.63, 3.8) is 0 Å². The van der Waals surface area contributed by atoms with E-state index in [0.29, 0.717) is 22.6 Å². The third kappa shape index (κ3) is 3.01. The number of para-hydroxylation sites is 1. The zero-order valence-corrected chi connectivity index (χ0v) is 14.1. The van der Waals surface area contributed by atoms with Gasteiger partial charge in [-0.3, -0.25) is 0 Å². The van der Waals surface area contributed by atoms with Gasteiger partial charge in [0.2, 0.25) is 0 Å². The molecule has 1 heterocycles. The monoisotopic (exact) mass is 345 g/mol. The lowest BCUT2D eigenvalue weighted by molar-refractivity contribution is 0.624. The second-order valence-electron chi connectivity index (χ2n) is 5.90. The van der Waals surface area contributed by atoms with Gasteiger partial charge in [0.15, 0.2) is 0 Å². The van der Waals surface area contributed by atoms with E-state index in [-0.39, 0.29) is 5.82 Å². The van der Waals surface area contributed by atoms with Gasteiger partial charge in [-0.05, 0) is 36.8 Å². The van der Waals surface area contributed by atoms with Gasteiger partial charge in [-0.25, -0.2) is 9.07 Å². The number of aromatic nitrogens is 2. The molecule has 0 aliphatic rings. The second-order valence-corrected chi connectivity index (χ2v) is 5.90. The Labute approximate surface area is 150 Å². The van der Waals surface area contributed by atoms with E-state index in [2.05, 4.69) is 5.10 Å². The maximum Gasteiger partial charge on any atom is 0.144 e. The summed E-state index contributed by atoms with van der Waals surface area (Å²) in [7, 11) is 0. The van der Waals surface area contributed by atoms with Crippen LogP contribution in [0.25, 0.3) is 5.69 Å². The summed E-state index contributed by atoms with van der Waals surface area (Å²) < 4.78 is 14.9. The van der Waals surface area contributed by atoms with Crippen molar-refractivity contribution in [2.75, 3.05) is 5.73 Å². The fourth-order valence-electron chi connectivity index (χ4n) is 3.08. The summed E-state index contributed by atoms with van der Waals surface area (Å²) in [5.41, 5.74) is 9.01. The van der Waals surface area contributed by atoms with Gasteiger partial charge in [0, 0.05) is 11.5 Å². The van der Waals surface area contributed by atoms with Crippen LogP contribution in [-0.2, 0) is 0 Å². The molecule has 0 aliphatic carbocycles. The van der Waals surface area contributed by atoms with Crippen molar-refractivity contribution in [2.45, 2.75) is 12.8 Å². The predicted molar refractivity (Wildman–Crippen MR) is 95.7 cm³/mol. The average molecular weight is 345 g/mol. The number of halogens is 1. The molecule has 1 atom stereocenters. The largest absolute Gasteiger partial charge is 0.383 e. The quantitative estimate of drug-likeness (QED) is 0.780. The minimum absolute atomic E-state index is 0.360. The van der Waals surface area contributed by atoms with Crippen LogP contribution in [-0.4, -0.2) is 9.78 Å². The Kier molecular flexibility index (Phi) is 4.68. The van der Waals surface area contributed by atoms with Crippen molar-refractivity contribution in [1.82, 2.24) is 9.78 Å². The third-order valence-corrected chi connectivity index (χ3v) is 4.30. The number of hydrogen-bond donors (Lipinski definition) is 1. The molecule has 26 heavy (non-hydrogen) atoms. The van der Waals surface area contributed by atoms with E-state index in [0.717, 1.165) is 5.69 Å². The normalized spacial score (nSPS) is 11.7. The van der Waals surface area contributed by atoms with Crippen LogP contribution in [0.1, 0.15) is 22.7 Å². The highest BCUT2D eigenvalue weighted by molar-refractivity contribution is 5.55. The highest BCUT2D eigenvalue weighted by Crippen LogP contribution is 2.38. The summed E-state index contributed by atoms with van der Waals surface area (Å²) in [4.78, 5) is 0. The predicted octanol–water partition coefficient (Wildman–Crippen LogP) is 3.70. The van der Waals surface area contributed by atoms with Crippen LogP contribution in [0, 0.1) is 41.3 Å². The third-order valence-electron chi connectivity index (χ3n) is 4.30. The minimum atomic E-state index is -0.977. The first-order valence-electron chi connectivity index (χ1n) is 8.02. The maximum atomic E-state index is 13.3. The van der Waals surface area contributed by atoms with Crippen molar-refractivity contribution >= 4 is 5.82 Å². The fourth-order valence-corrected chi connectivity index (χ4v) is 3.08. The zero-order chi connectivity index (χ0) is 18.7.